The van der Waals surface area contributed by atoms with Crippen molar-refractivity contribution < 1.29 is 9.53 Å². The van der Waals surface area contributed by atoms with Gasteiger partial charge in [0.05, 0.1) is 0 Å². The summed E-state index contributed by atoms with van der Waals surface area (Å²) in [6.07, 6.45) is 4.36. The van der Waals surface area contributed by atoms with E-state index in [-0.39, 0.29) is 12.5 Å². The number of hydrogen-bond acceptors (Lipinski definition) is 2. The van der Waals surface area contributed by atoms with Gasteiger partial charge in [0.25, 0.3) is 5.91 Å². The monoisotopic (exact) mass is 359 g/mol. The number of carbonyl (C=O) groups is 1. The van der Waals surface area contributed by atoms with Gasteiger partial charge in [-0.25, -0.2) is 0 Å². The van der Waals surface area contributed by atoms with E-state index in [2.05, 4.69) is 15.9 Å². The smallest absolute Gasteiger partial charge is 0.260 e. The van der Waals surface area contributed by atoms with Crippen LogP contribution in [0.25, 0.3) is 0 Å². The third kappa shape index (κ3) is 4.38. The second-order valence-corrected chi connectivity index (χ2v) is 6.19. The van der Waals surface area contributed by atoms with Gasteiger partial charge in [0, 0.05) is 22.9 Å². The van der Waals surface area contributed by atoms with Crippen molar-refractivity contribution in [2.45, 2.75) is 31.7 Å². The molecule has 2 rings (SSSR count). The Morgan fingerprint density at radius 1 is 1.50 bits per heavy atom. The lowest BCUT2D eigenvalue weighted by molar-refractivity contribution is -0.134. The predicted octanol–water partition coefficient (Wildman–Crippen LogP) is 3.88. The first-order valence-electron chi connectivity index (χ1n) is 6.94. The summed E-state index contributed by atoms with van der Waals surface area (Å²) < 4.78 is 5.53. The molecule has 1 aliphatic heterocycles. The number of nitrogens with zero attached hydrogens (tertiary/aromatic N) is 1. The Balaban J connectivity index is 1.84. The summed E-state index contributed by atoms with van der Waals surface area (Å²) in [4.78, 5) is 14.2. The molecule has 1 saturated heterocycles. The van der Waals surface area contributed by atoms with Crippen molar-refractivity contribution in [3.8, 4) is 5.75 Å². The molecule has 1 fully saturated rings. The second kappa shape index (κ2) is 7.89. The zero-order valence-corrected chi connectivity index (χ0v) is 13.7. The average molecular weight is 361 g/mol. The third-order valence-corrected chi connectivity index (χ3v) is 4.32. The molecule has 1 aliphatic rings. The van der Waals surface area contributed by atoms with E-state index in [0.717, 1.165) is 37.6 Å². The van der Waals surface area contributed by atoms with E-state index in [1.54, 1.807) is 12.1 Å². The summed E-state index contributed by atoms with van der Waals surface area (Å²) in [7, 11) is 0. The van der Waals surface area contributed by atoms with Gasteiger partial charge in [-0.15, -0.1) is 0 Å². The van der Waals surface area contributed by atoms with Crippen LogP contribution < -0.4 is 4.74 Å². The van der Waals surface area contributed by atoms with E-state index in [4.69, 9.17) is 16.3 Å². The van der Waals surface area contributed by atoms with E-state index in [9.17, 15) is 4.79 Å². The zero-order valence-electron chi connectivity index (χ0n) is 11.4. The van der Waals surface area contributed by atoms with Crippen LogP contribution in [0.1, 0.15) is 25.7 Å². The molecule has 0 N–H and O–H groups in total. The van der Waals surface area contributed by atoms with Crippen LogP contribution in [0, 0.1) is 0 Å². The molecule has 0 aliphatic carbocycles. The van der Waals surface area contributed by atoms with Crippen LogP contribution in [-0.2, 0) is 4.79 Å². The summed E-state index contributed by atoms with van der Waals surface area (Å²) in [5.41, 5.74) is 0. The van der Waals surface area contributed by atoms with Gasteiger partial charge >= 0.3 is 0 Å². The molecule has 1 heterocycles. The van der Waals surface area contributed by atoms with E-state index in [1.807, 2.05) is 17.0 Å². The Kier molecular flexibility index (Phi) is 6.17. The summed E-state index contributed by atoms with van der Waals surface area (Å²) in [5, 5.41) is 1.61. The van der Waals surface area contributed by atoms with Crippen molar-refractivity contribution in [1.82, 2.24) is 4.90 Å². The SMILES string of the molecule is O=C(COc1cccc(Cl)c1)N1CCCC1CCCBr. The minimum absolute atomic E-state index is 0.0713. The van der Waals surface area contributed by atoms with E-state index in [1.165, 1.54) is 0 Å². The largest absolute Gasteiger partial charge is 0.484 e. The molecule has 1 unspecified atom stereocenters. The molecule has 0 aromatic heterocycles. The maximum Gasteiger partial charge on any atom is 0.260 e. The minimum atomic E-state index is 0.0713. The van der Waals surface area contributed by atoms with Crippen LogP contribution in [0.4, 0.5) is 0 Å². The predicted molar refractivity (Wildman–Crippen MR) is 84.7 cm³/mol. The Hall–Kier alpha value is -0.740. The standard InChI is InChI=1S/C15H19BrClNO2/c16-8-2-5-13-6-3-9-18(13)15(19)11-20-14-7-1-4-12(17)10-14/h1,4,7,10,13H,2-3,5-6,8-9,11H2. The average Bonchev–Trinajstić information content (AvgIpc) is 2.91. The highest BCUT2D eigenvalue weighted by Gasteiger charge is 2.28. The van der Waals surface area contributed by atoms with Gasteiger partial charge in [-0.2, -0.15) is 0 Å². The maximum atomic E-state index is 12.2. The highest BCUT2D eigenvalue weighted by Crippen LogP contribution is 2.22. The molecule has 1 amide bonds. The van der Waals surface area contributed by atoms with Crippen LogP contribution in [0.15, 0.2) is 24.3 Å². The molecule has 0 spiro atoms. The number of halogens is 2. The molecular formula is C15H19BrClNO2. The number of benzene rings is 1. The summed E-state index contributed by atoms with van der Waals surface area (Å²) in [6.45, 7) is 0.940. The summed E-state index contributed by atoms with van der Waals surface area (Å²) in [5.74, 6) is 0.712. The van der Waals surface area contributed by atoms with Gasteiger partial charge in [-0.05, 0) is 43.9 Å². The van der Waals surface area contributed by atoms with Gasteiger partial charge in [0.1, 0.15) is 5.75 Å². The van der Waals surface area contributed by atoms with Crippen molar-refractivity contribution >= 4 is 33.4 Å². The highest BCUT2D eigenvalue weighted by atomic mass is 79.9. The number of alkyl halides is 1. The Bertz CT molecular complexity index is 455. The number of rotatable bonds is 6. The van der Waals surface area contributed by atoms with E-state index < -0.39 is 0 Å². The van der Waals surface area contributed by atoms with Gasteiger partial charge in [0.15, 0.2) is 6.61 Å². The highest BCUT2D eigenvalue weighted by molar-refractivity contribution is 9.09. The van der Waals surface area contributed by atoms with Crippen LogP contribution >= 0.6 is 27.5 Å². The third-order valence-electron chi connectivity index (χ3n) is 3.53. The van der Waals surface area contributed by atoms with Crippen molar-refractivity contribution in [3.63, 3.8) is 0 Å². The lowest BCUT2D eigenvalue weighted by atomic mass is 10.1. The summed E-state index contributed by atoms with van der Waals surface area (Å²) >= 11 is 9.33. The van der Waals surface area contributed by atoms with Crippen LogP contribution in [0.5, 0.6) is 5.75 Å². The number of likely N-dealkylation sites (tertiary alicyclic amines) is 1. The molecule has 1 atom stereocenters. The fourth-order valence-corrected chi connectivity index (χ4v) is 3.07. The molecule has 0 saturated carbocycles. The lowest BCUT2D eigenvalue weighted by Crippen LogP contribution is -2.38. The maximum absolute atomic E-state index is 12.2. The van der Waals surface area contributed by atoms with Crippen molar-refractivity contribution in [2.75, 3.05) is 18.5 Å². The molecule has 20 heavy (non-hydrogen) atoms. The fraction of sp³-hybridized carbons (Fsp3) is 0.533. The van der Waals surface area contributed by atoms with Crippen LogP contribution in [-0.4, -0.2) is 35.3 Å². The van der Waals surface area contributed by atoms with Gasteiger partial charge in [0.2, 0.25) is 0 Å². The molecule has 3 nitrogen and oxygen atoms in total. The van der Waals surface area contributed by atoms with Gasteiger partial charge in [-0.3, -0.25) is 4.79 Å². The van der Waals surface area contributed by atoms with Crippen LogP contribution in [0.2, 0.25) is 5.02 Å². The van der Waals surface area contributed by atoms with Crippen molar-refractivity contribution in [1.29, 1.82) is 0 Å². The fourth-order valence-electron chi connectivity index (χ4n) is 2.56. The van der Waals surface area contributed by atoms with E-state index in [0.29, 0.717) is 16.8 Å². The molecule has 110 valence electrons. The lowest BCUT2D eigenvalue weighted by Gasteiger charge is -2.24. The number of hydrogen-bond donors (Lipinski definition) is 0. The zero-order chi connectivity index (χ0) is 14.4. The van der Waals surface area contributed by atoms with Gasteiger partial charge in [-0.1, -0.05) is 33.6 Å². The molecule has 0 radical (unpaired) electrons. The van der Waals surface area contributed by atoms with E-state index >= 15 is 0 Å². The molecule has 5 heteroatoms. The number of ether oxygens (including phenoxy) is 1. The van der Waals surface area contributed by atoms with Crippen molar-refractivity contribution in [2.24, 2.45) is 0 Å². The van der Waals surface area contributed by atoms with Crippen LogP contribution in [0.3, 0.4) is 0 Å². The Labute approximate surface area is 133 Å². The first-order chi connectivity index (χ1) is 9.70. The molecule has 1 aromatic carbocycles. The topological polar surface area (TPSA) is 29.5 Å². The normalized spacial score (nSPS) is 18.3. The summed E-state index contributed by atoms with van der Waals surface area (Å²) in [6, 6.07) is 7.51. The first-order valence-corrected chi connectivity index (χ1v) is 8.44. The molecule has 0 bridgehead atoms. The Morgan fingerprint density at radius 2 is 2.35 bits per heavy atom. The van der Waals surface area contributed by atoms with Crippen molar-refractivity contribution in [3.05, 3.63) is 29.3 Å². The molecule has 1 aromatic rings. The minimum Gasteiger partial charge on any atom is -0.484 e. The molecular weight excluding hydrogens is 342 g/mol. The number of carbonyl (C=O) groups excluding carboxylic acids is 1. The number of amides is 1. The second-order valence-electron chi connectivity index (χ2n) is 4.96. The quantitative estimate of drug-likeness (QED) is 0.720. The Morgan fingerprint density at radius 3 is 3.10 bits per heavy atom. The first kappa shape index (κ1) is 15.6. The van der Waals surface area contributed by atoms with Gasteiger partial charge < -0.3 is 9.64 Å².